The lowest BCUT2D eigenvalue weighted by Gasteiger charge is -2.08. The monoisotopic (exact) mass is 357 g/mol. The largest absolute Gasteiger partial charge is 0.347 e. The zero-order valence-corrected chi connectivity index (χ0v) is 15.0. The predicted octanol–water partition coefficient (Wildman–Crippen LogP) is 3.11. The van der Waals surface area contributed by atoms with Gasteiger partial charge in [-0.3, -0.25) is 4.79 Å². The van der Waals surface area contributed by atoms with Gasteiger partial charge < -0.3 is 9.88 Å². The Bertz CT molecular complexity index is 1090. The summed E-state index contributed by atoms with van der Waals surface area (Å²) in [5, 5.41) is 2.89. The quantitative estimate of drug-likeness (QED) is 0.596. The molecule has 27 heavy (non-hydrogen) atoms. The molecule has 0 saturated heterocycles. The van der Waals surface area contributed by atoms with Crippen LogP contribution in [0.4, 0.5) is 0 Å². The molecule has 4 aromatic rings. The highest BCUT2D eigenvalue weighted by Gasteiger charge is 2.07. The SMILES string of the molecule is Cc1nccc(C(=O)NCc2ccc(Cn3cnc4ccccc43)cc2)n1. The second-order valence-corrected chi connectivity index (χ2v) is 6.35. The molecule has 2 aromatic carbocycles. The number of nitrogens with zero attached hydrogens (tertiary/aromatic N) is 4. The molecule has 4 rings (SSSR count). The second kappa shape index (κ2) is 7.37. The molecule has 1 amide bonds. The number of hydrogen-bond acceptors (Lipinski definition) is 4. The Morgan fingerprint density at radius 3 is 2.59 bits per heavy atom. The van der Waals surface area contributed by atoms with Crippen LogP contribution in [-0.2, 0) is 13.1 Å². The van der Waals surface area contributed by atoms with E-state index in [1.807, 2.05) is 36.7 Å². The summed E-state index contributed by atoms with van der Waals surface area (Å²) in [6, 6.07) is 17.9. The Morgan fingerprint density at radius 2 is 1.78 bits per heavy atom. The third-order valence-corrected chi connectivity index (χ3v) is 4.36. The zero-order valence-electron chi connectivity index (χ0n) is 15.0. The Labute approximate surface area is 156 Å². The maximum absolute atomic E-state index is 12.2. The molecular formula is C21H19N5O. The molecule has 0 aliphatic rings. The van der Waals surface area contributed by atoms with Gasteiger partial charge in [-0.05, 0) is 36.2 Å². The fourth-order valence-corrected chi connectivity index (χ4v) is 2.95. The lowest BCUT2D eigenvalue weighted by molar-refractivity contribution is 0.0945. The maximum atomic E-state index is 12.2. The first-order valence-electron chi connectivity index (χ1n) is 8.74. The summed E-state index contributed by atoms with van der Waals surface area (Å²) >= 11 is 0. The van der Waals surface area contributed by atoms with E-state index in [-0.39, 0.29) is 5.91 Å². The number of para-hydroxylation sites is 2. The Morgan fingerprint density at radius 1 is 1.00 bits per heavy atom. The third-order valence-electron chi connectivity index (χ3n) is 4.36. The van der Waals surface area contributed by atoms with Gasteiger partial charge in [0, 0.05) is 19.3 Å². The summed E-state index contributed by atoms with van der Waals surface area (Å²) in [7, 11) is 0. The van der Waals surface area contributed by atoms with Gasteiger partial charge in [-0.15, -0.1) is 0 Å². The van der Waals surface area contributed by atoms with E-state index in [0.717, 1.165) is 23.1 Å². The molecule has 0 bridgehead atoms. The highest BCUT2D eigenvalue weighted by Crippen LogP contribution is 2.14. The van der Waals surface area contributed by atoms with Gasteiger partial charge in [-0.25, -0.2) is 15.0 Å². The summed E-state index contributed by atoms with van der Waals surface area (Å²) < 4.78 is 2.13. The first kappa shape index (κ1) is 16.9. The summed E-state index contributed by atoms with van der Waals surface area (Å²) in [6.45, 7) is 2.97. The van der Waals surface area contributed by atoms with Crippen LogP contribution in [0.2, 0.25) is 0 Å². The molecule has 0 saturated carbocycles. The molecular weight excluding hydrogens is 338 g/mol. The van der Waals surface area contributed by atoms with Crippen molar-refractivity contribution >= 4 is 16.9 Å². The van der Waals surface area contributed by atoms with Crippen LogP contribution in [0.25, 0.3) is 11.0 Å². The van der Waals surface area contributed by atoms with Crippen molar-refractivity contribution in [2.24, 2.45) is 0 Å². The molecule has 2 heterocycles. The topological polar surface area (TPSA) is 72.7 Å². The molecule has 6 heteroatoms. The van der Waals surface area contributed by atoms with Crippen LogP contribution in [-0.4, -0.2) is 25.4 Å². The van der Waals surface area contributed by atoms with E-state index in [9.17, 15) is 4.79 Å². The number of fused-ring (bicyclic) bond motifs is 1. The van der Waals surface area contributed by atoms with Gasteiger partial charge >= 0.3 is 0 Å². The van der Waals surface area contributed by atoms with Crippen LogP contribution in [0.5, 0.6) is 0 Å². The molecule has 0 atom stereocenters. The Hall–Kier alpha value is -3.54. The number of amides is 1. The predicted molar refractivity (Wildman–Crippen MR) is 103 cm³/mol. The minimum atomic E-state index is -0.200. The van der Waals surface area contributed by atoms with Crippen molar-refractivity contribution in [1.82, 2.24) is 24.8 Å². The number of nitrogens with one attached hydrogen (secondary N) is 1. The molecule has 0 spiro atoms. The van der Waals surface area contributed by atoms with E-state index in [0.29, 0.717) is 18.1 Å². The number of hydrogen-bond donors (Lipinski definition) is 1. The molecule has 0 unspecified atom stereocenters. The Balaban J connectivity index is 1.39. The van der Waals surface area contributed by atoms with Crippen molar-refractivity contribution < 1.29 is 4.79 Å². The zero-order chi connectivity index (χ0) is 18.6. The van der Waals surface area contributed by atoms with E-state index < -0.39 is 0 Å². The average molecular weight is 357 g/mol. The number of carbonyl (C=O) groups is 1. The molecule has 2 aromatic heterocycles. The number of imidazole rings is 1. The highest BCUT2D eigenvalue weighted by atomic mass is 16.1. The summed E-state index contributed by atoms with van der Waals surface area (Å²) in [4.78, 5) is 24.7. The van der Waals surface area contributed by atoms with Gasteiger partial charge in [0.05, 0.1) is 17.4 Å². The molecule has 0 radical (unpaired) electrons. The summed E-state index contributed by atoms with van der Waals surface area (Å²) in [5.74, 6) is 0.383. The van der Waals surface area contributed by atoms with E-state index in [4.69, 9.17) is 0 Å². The van der Waals surface area contributed by atoms with Gasteiger partial charge in [0.2, 0.25) is 0 Å². The first-order valence-corrected chi connectivity index (χ1v) is 8.74. The van der Waals surface area contributed by atoms with Crippen LogP contribution in [0.1, 0.15) is 27.4 Å². The van der Waals surface area contributed by atoms with Crippen molar-refractivity contribution in [1.29, 1.82) is 0 Å². The van der Waals surface area contributed by atoms with Crippen molar-refractivity contribution in [2.75, 3.05) is 0 Å². The van der Waals surface area contributed by atoms with Crippen LogP contribution >= 0.6 is 0 Å². The van der Waals surface area contributed by atoms with Crippen molar-refractivity contribution in [3.8, 4) is 0 Å². The summed E-state index contributed by atoms with van der Waals surface area (Å²) in [6.07, 6.45) is 3.45. The number of aryl methyl sites for hydroxylation is 1. The first-order chi connectivity index (χ1) is 13.2. The maximum Gasteiger partial charge on any atom is 0.270 e. The minimum absolute atomic E-state index is 0.200. The fraction of sp³-hybridized carbons (Fsp3) is 0.143. The van der Waals surface area contributed by atoms with Crippen LogP contribution in [0.15, 0.2) is 67.1 Å². The third kappa shape index (κ3) is 3.84. The van der Waals surface area contributed by atoms with E-state index in [2.05, 4.69) is 43.0 Å². The van der Waals surface area contributed by atoms with Crippen LogP contribution in [0.3, 0.4) is 0 Å². The molecule has 134 valence electrons. The van der Waals surface area contributed by atoms with Gasteiger partial charge in [-0.2, -0.15) is 0 Å². The second-order valence-electron chi connectivity index (χ2n) is 6.35. The highest BCUT2D eigenvalue weighted by molar-refractivity contribution is 5.92. The summed E-state index contributed by atoms with van der Waals surface area (Å²) in [5.41, 5.74) is 4.71. The number of carbonyl (C=O) groups excluding carboxylic acids is 1. The van der Waals surface area contributed by atoms with Gasteiger partial charge in [0.25, 0.3) is 5.91 Å². The Kier molecular flexibility index (Phi) is 4.61. The minimum Gasteiger partial charge on any atom is -0.347 e. The lowest BCUT2D eigenvalue weighted by atomic mass is 10.1. The normalized spacial score (nSPS) is 10.9. The average Bonchev–Trinajstić information content (AvgIpc) is 3.10. The van der Waals surface area contributed by atoms with Crippen molar-refractivity contribution in [3.05, 3.63) is 89.8 Å². The molecule has 6 nitrogen and oxygen atoms in total. The number of benzene rings is 2. The smallest absolute Gasteiger partial charge is 0.270 e. The van der Waals surface area contributed by atoms with E-state index >= 15 is 0 Å². The number of rotatable bonds is 5. The van der Waals surface area contributed by atoms with Gasteiger partial charge in [0.15, 0.2) is 0 Å². The van der Waals surface area contributed by atoms with Crippen molar-refractivity contribution in [3.63, 3.8) is 0 Å². The van der Waals surface area contributed by atoms with Crippen LogP contribution < -0.4 is 5.32 Å². The van der Waals surface area contributed by atoms with E-state index in [1.165, 1.54) is 5.56 Å². The van der Waals surface area contributed by atoms with E-state index in [1.54, 1.807) is 19.2 Å². The van der Waals surface area contributed by atoms with Gasteiger partial charge in [-0.1, -0.05) is 36.4 Å². The fourth-order valence-electron chi connectivity index (χ4n) is 2.95. The lowest BCUT2D eigenvalue weighted by Crippen LogP contribution is -2.24. The molecule has 1 N–H and O–H groups in total. The standard InChI is InChI=1S/C21H19N5O/c1-15-22-11-10-19(25-15)21(27)23-12-16-6-8-17(9-7-16)13-26-14-24-18-4-2-3-5-20(18)26/h2-11,14H,12-13H2,1H3,(H,23,27). The van der Waals surface area contributed by atoms with Crippen LogP contribution in [0, 0.1) is 6.92 Å². The van der Waals surface area contributed by atoms with Gasteiger partial charge in [0.1, 0.15) is 11.5 Å². The molecule has 0 aliphatic carbocycles. The van der Waals surface area contributed by atoms with Crippen molar-refractivity contribution in [2.45, 2.75) is 20.0 Å². The number of aromatic nitrogens is 4. The molecule has 0 fully saturated rings. The molecule has 0 aliphatic heterocycles.